The Bertz CT molecular complexity index is 519. The molecule has 0 aliphatic rings. The van der Waals surface area contributed by atoms with Crippen molar-refractivity contribution in [3.05, 3.63) is 42.0 Å². The zero-order chi connectivity index (χ0) is 16.0. The number of benzene rings is 1. The second-order valence-electron chi connectivity index (χ2n) is 5.69. The lowest BCUT2D eigenvalue weighted by molar-refractivity contribution is -0.141. The van der Waals surface area contributed by atoms with Crippen molar-refractivity contribution < 1.29 is 14.7 Å². The molecule has 4 nitrogen and oxygen atoms in total. The molecule has 0 fully saturated rings. The van der Waals surface area contributed by atoms with Crippen molar-refractivity contribution in [3.8, 4) is 0 Å². The summed E-state index contributed by atoms with van der Waals surface area (Å²) < 4.78 is 0. The molecule has 1 aromatic rings. The van der Waals surface area contributed by atoms with E-state index in [4.69, 9.17) is 5.11 Å². The zero-order valence-corrected chi connectivity index (χ0v) is 12.8. The van der Waals surface area contributed by atoms with E-state index in [0.717, 1.165) is 16.8 Å². The van der Waals surface area contributed by atoms with Crippen molar-refractivity contribution in [2.45, 2.75) is 33.6 Å². The highest BCUT2D eigenvalue weighted by atomic mass is 16.4. The van der Waals surface area contributed by atoms with Crippen LogP contribution in [0, 0.1) is 11.8 Å². The van der Waals surface area contributed by atoms with E-state index in [-0.39, 0.29) is 11.8 Å². The van der Waals surface area contributed by atoms with Gasteiger partial charge in [-0.15, -0.1) is 6.58 Å². The maximum Gasteiger partial charge on any atom is 0.306 e. The van der Waals surface area contributed by atoms with E-state index in [1.54, 1.807) is 19.1 Å². The summed E-state index contributed by atoms with van der Waals surface area (Å²) in [5, 5.41) is 11.7. The topological polar surface area (TPSA) is 66.4 Å². The van der Waals surface area contributed by atoms with Crippen LogP contribution in [0.4, 0.5) is 5.69 Å². The molecule has 0 saturated heterocycles. The fourth-order valence-corrected chi connectivity index (χ4v) is 2.05. The van der Waals surface area contributed by atoms with Crippen LogP contribution in [0.1, 0.15) is 32.8 Å². The Morgan fingerprint density at radius 3 is 2.24 bits per heavy atom. The SMILES string of the molecule is C=C(C)CC(C)C(=O)Nc1ccc(CC(C)C(=O)O)cc1. The van der Waals surface area contributed by atoms with Crippen molar-refractivity contribution in [2.24, 2.45) is 11.8 Å². The number of amides is 1. The van der Waals surface area contributed by atoms with Gasteiger partial charge in [0.05, 0.1) is 5.92 Å². The molecule has 0 radical (unpaired) electrons. The van der Waals surface area contributed by atoms with E-state index in [1.165, 1.54) is 0 Å². The molecule has 0 bridgehead atoms. The number of hydrogen-bond acceptors (Lipinski definition) is 2. The van der Waals surface area contributed by atoms with Crippen molar-refractivity contribution in [1.29, 1.82) is 0 Å². The summed E-state index contributed by atoms with van der Waals surface area (Å²) in [5.74, 6) is -1.37. The van der Waals surface area contributed by atoms with E-state index in [9.17, 15) is 9.59 Å². The van der Waals surface area contributed by atoms with Gasteiger partial charge in [0.15, 0.2) is 0 Å². The number of anilines is 1. The first-order chi connectivity index (χ1) is 9.79. The molecule has 1 amide bonds. The van der Waals surface area contributed by atoms with E-state index in [0.29, 0.717) is 12.8 Å². The van der Waals surface area contributed by atoms with E-state index < -0.39 is 11.9 Å². The number of carbonyl (C=O) groups is 2. The molecule has 4 heteroatoms. The molecule has 114 valence electrons. The lowest BCUT2D eigenvalue weighted by atomic mass is 10.0. The van der Waals surface area contributed by atoms with Crippen LogP contribution in [0.5, 0.6) is 0 Å². The lowest BCUT2D eigenvalue weighted by Crippen LogP contribution is -2.20. The van der Waals surface area contributed by atoms with Crippen LogP contribution in [0.25, 0.3) is 0 Å². The molecule has 2 unspecified atom stereocenters. The molecule has 0 heterocycles. The lowest BCUT2D eigenvalue weighted by Gasteiger charge is -2.12. The predicted molar refractivity (Wildman–Crippen MR) is 84.2 cm³/mol. The number of carboxylic acids is 1. The highest BCUT2D eigenvalue weighted by molar-refractivity contribution is 5.92. The second-order valence-corrected chi connectivity index (χ2v) is 5.69. The minimum absolute atomic E-state index is 0.0374. The maximum atomic E-state index is 12.0. The average Bonchev–Trinajstić information content (AvgIpc) is 2.39. The molecule has 1 aromatic carbocycles. The third-order valence-corrected chi connectivity index (χ3v) is 3.29. The van der Waals surface area contributed by atoms with Gasteiger partial charge in [-0.25, -0.2) is 0 Å². The number of hydrogen-bond donors (Lipinski definition) is 2. The second kappa shape index (κ2) is 7.62. The molecule has 0 spiro atoms. The van der Waals surface area contributed by atoms with Crippen LogP contribution in [-0.2, 0) is 16.0 Å². The first-order valence-electron chi connectivity index (χ1n) is 7.06. The highest BCUT2D eigenvalue weighted by Gasteiger charge is 2.14. The monoisotopic (exact) mass is 289 g/mol. The van der Waals surface area contributed by atoms with Crippen molar-refractivity contribution >= 4 is 17.6 Å². The van der Waals surface area contributed by atoms with Crippen LogP contribution in [0.15, 0.2) is 36.4 Å². The van der Waals surface area contributed by atoms with Crippen molar-refractivity contribution in [2.75, 3.05) is 5.32 Å². The maximum absolute atomic E-state index is 12.0. The number of allylic oxidation sites excluding steroid dienone is 1. The van der Waals surface area contributed by atoms with Gasteiger partial charge in [-0.1, -0.05) is 31.6 Å². The van der Waals surface area contributed by atoms with Gasteiger partial charge in [0.2, 0.25) is 5.91 Å². The third-order valence-electron chi connectivity index (χ3n) is 3.29. The van der Waals surface area contributed by atoms with Crippen LogP contribution >= 0.6 is 0 Å². The molecule has 0 saturated carbocycles. The highest BCUT2D eigenvalue weighted by Crippen LogP contribution is 2.16. The summed E-state index contributed by atoms with van der Waals surface area (Å²) in [7, 11) is 0. The predicted octanol–water partition coefficient (Wildman–Crippen LogP) is 3.49. The molecule has 0 aromatic heterocycles. The quantitative estimate of drug-likeness (QED) is 0.755. The van der Waals surface area contributed by atoms with E-state index >= 15 is 0 Å². The minimum atomic E-state index is -0.805. The molecule has 0 aliphatic heterocycles. The fraction of sp³-hybridized carbons (Fsp3) is 0.412. The summed E-state index contributed by atoms with van der Waals surface area (Å²) in [6.45, 7) is 9.26. The minimum Gasteiger partial charge on any atom is -0.481 e. The molecule has 21 heavy (non-hydrogen) atoms. The Morgan fingerprint density at radius 2 is 1.76 bits per heavy atom. The number of nitrogens with one attached hydrogen (secondary N) is 1. The van der Waals surface area contributed by atoms with Crippen molar-refractivity contribution in [1.82, 2.24) is 0 Å². The number of rotatable bonds is 7. The molecular weight excluding hydrogens is 266 g/mol. The summed E-state index contributed by atoms with van der Waals surface area (Å²) in [6.07, 6.45) is 1.15. The molecule has 2 N–H and O–H groups in total. The largest absolute Gasteiger partial charge is 0.481 e. The summed E-state index contributed by atoms with van der Waals surface area (Å²) >= 11 is 0. The van der Waals surface area contributed by atoms with Gasteiger partial charge in [0.25, 0.3) is 0 Å². The Balaban J connectivity index is 2.60. The van der Waals surface area contributed by atoms with Crippen LogP contribution in [0.3, 0.4) is 0 Å². The molecular formula is C17H23NO3. The van der Waals surface area contributed by atoms with Gasteiger partial charge in [-0.2, -0.15) is 0 Å². The summed E-state index contributed by atoms with van der Waals surface area (Å²) in [5.41, 5.74) is 2.65. The van der Waals surface area contributed by atoms with Gasteiger partial charge >= 0.3 is 5.97 Å². The Labute approximate surface area is 125 Å². The smallest absolute Gasteiger partial charge is 0.306 e. The standard InChI is InChI=1S/C17H23NO3/c1-11(2)9-12(3)16(19)18-15-7-5-14(6-8-15)10-13(4)17(20)21/h5-8,12-13H,1,9-10H2,2-4H3,(H,18,19)(H,20,21). The number of carboxylic acid groups (broad SMARTS) is 1. The normalized spacial score (nSPS) is 13.3. The molecule has 2 atom stereocenters. The van der Waals surface area contributed by atoms with Gasteiger partial charge in [0.1, 0.15) is 0 Å². The summed E-state index contributed by atoms with van der Waals surface area (Å²) in [6, 6.07) is 7.29. The summed E-state index contributed by atoms with van der Waals surface area (Å²) in [4.78, 5) is 22.8. The number of carbonyl (C=O) groups excluding carboxylic acids is 1. The first-order valence-corrected chi connectivity index (χ1v) is 7.06. The van der Waals surface area contributed by atoms with E-state index in [2.05, 4.69) is 11.9 Å². The van der Waals surface area contributed by atoms with Crippen molar-refractivity contribution in [3.63, 3.8) is 0 Å². The van der Waals surface area contributed by atoms with E-state index in [1.807, 2.05) is 26.0 Å². The fourth-order valence-electron chi connectivity index (χ4n) is 2.05. The Morgan fingerprint density at radius 1 is 1.19 bits per heavy atom. The van der Waals surface area contributed by atoms with Crippen LogP contribution in [0.2, 0.25) is 0 Å². The van der Waals surface area contributed by atoms with Crippen LogP contribution < -0.4 is 5.32 Å². The number of aliphatic carboxylic acids is 1. The Kier molecular flexibility index (Phi) is 6.15. The average molecular weight is 289 g/mol. The van der Waals surface area contributed by atoms with Gasteiger partial charge in [0, 0.05) is 11.6 Å². The third kappa shape index (κ3) is 5.81. The van der Waals surface area contributed by atoms with Gasteiger partial charge in [-0.05, 0) is 37.5 Å². The van der Waals surface area contributed by atoms with Gasteiger partial charge < -0.3 is 10.4 Å². The Hall–Kier alpha value is -2.10. The van der Waals surface area contributed by atoms with Gasteiger partial charge in [-0.3, -0.25) is 9.59 Å². The first kappa shape index (κ1) is 17.0. The molecule has 1 rings (SSSR count). The molecule has 0 aliphatic carbocycles. The zero-order valence-electron chi connectivity index (χ0n) is 12.8. The van der Waals surface area contributed by atoms with Crippen LogP contribution in [-0.4, -0.2) is 17.0 Å².